The highest BCUT2D eigenvalue weighted by molar-refractivity contribution is 6.41. The van der Waals surface area contributed by atoms with Gasteiger partial charge in [0, 0.05) is 13.1 Å². The predicted octanol–water partition coefficient (Wildman–Crippen LogP) is 3.56. The Hall–Kier alpha value is -1.76. The Morgan fingerprint density at radius 2 is 2.04 bits per heavy atom. The van der Waals surface area contributed by atoms with E-state index < -0.39 is 23.6 Å². The Morgan fingerprint density at radius 3 is 2.65 bits per heavy atom. The smallest absolute Gasteiger partial charge is 0.334 e. The summed E-state index contributed by atoms with van der Waals surface area (Å²) in [5, 5.41) is 2.11. The lowest BCUT2D eigenvalue weighted by Crippen LogP contribution is -2.44. The number of halogens is 4. The van der Waals surface area contributed by atoms with Gasteiger partial charge in [-0.05, 0) is 37.0 Å². The summed E-state index contributed by atoms with van der Waals surface area (Å²) in [5.41, 5.74) is -1.18. The fourth-order valence-corrected chi connectivity index (χ4v) is 2.66. The number of hydrogen-bond acceptors (Lipinski definition) is 2. The molecule has 1 fully saturated rings. The molecule has 1 N–H and O–H groups in total. The van der Waals surface area contributed by atoms with Crippen molar-refractivity contribution in [3.8, 4) is 0 Å². The monoisotopic (exact) mass is 348 g/mol. The third-order valence-corrected chi connectivity index (χ3v) is 4.01. The van der Waals surface area contributed by atoms with Crippen LogP contribution in [0.25, 0.3) is 0 Å². The molecular weight excluding hydrogens is 333 g/mol. The number of nitrogens with one attached hydrogen (secondary N) is 1. The molecule has 1 aromatic carbocycles. The van der Waals surface area contributed by atoms with Gasteiger partial charge in [-0.1, -0.05) is 18.5 Å². The van der Waals surface area contributed by atoms with Gasteiger partial charge in [0.2, 0.25) is 0 Å². The van der Waals surface area contributed by atoms with Crippen molar-refractivity contribution in [2.45, 2.75) is 25.9 Å². The summed E-state index contributed by atoms with van der Waals surface area (Å²) in [5.74, 6) is -1.46. The quantitative estimate of drug-likeness (QED) is 0.789. The molecule has 1 aromatic rings. The molecule has 1 unspecified atom stereocenters. The van der Waals surface area contributed by atoms with Crippen molar-refractivity contribution < 1.29 is 22.8 Å². The molecule has 0 aliphatic carbocycles. The highest BCUT2D eigenvalue weighted by Crippen LogP contribution is 2.33. The number of carbonyl (C=O) groups is 2. The lowest BCUT2D eigenvalue weighted by atomic mass is 10.0. The van der Waals surface area contributed by atoms with E-state index in [0.29, 0.717) is 19.2 Å². The second-order valence-corrected chi connectivity index (χ2v) is 6.05. The second kappa shape index (κ2) is 6.78. The molecule has 1 saturated heterocycles. The molecule has 4 nitrogen and oxygen atoms in total. The standard InChI is InChI=1S/C15H16ClF3N2O2/c1-9-3-2-6-21(8-9)14(23)13(22)20-12-7-10(15(17,18)19)4-5-11(12)16/h4-5,7,9H,2-3,6,8H2,1H3,(H,20,22). The van der Waals surface area contributed by atoms with Crippen LogP contribution in [0.1, 0.15) is 25.3 Å². The van der Waals surface area contributed by atoms with Gasteiger partial charge in [0.15, 0.2) is 0 Å². The molecule has 1 aliphatic heterocycles. The lowest BCUT2D eigenvalue weighted by Gasteiger charge is -2.30. The first-order valence-electron chi connectivity index (χ1n) is 7.15. The van der Waals surface area contributed by atoms with E-state index in [-0.39, 0.29) is 16.6 Å². The second-order valence-electron chi connectivity index (χ2n) is 5.65. The number of anilines is 1. The number of nitrogens with zero attached hydrogens (tertiary/aromatic N) is 1. The fourth-order valence-electron chi connectivity index (χ4n) is 2.49. The SMILES string of the molecule is CC1CCCN(C(=O)C(=O)Nc2cc(C(F)(F)F)ccc2Cl)C1. The third kappa shape index (κ3) is 4.37. The summed E-state index contributed by atoms with van der Waals surface area (Å²) >= 11 is 5.80. The molecular formula is C15H16ClF3N2O2. The van der Waals surface area contributed by atoms with Crippen molar-refractivity contribution in [1.82, 2.24) is 4.90 Å². The Kier molecular flexibility index (Phi) is 5.19. The first kappa shape index (κ1) is 17.6. The van der Waals surface area contributed by atoms with Gasteiger partial charge in [-0.2, -0.15) is 13.2 Å². The first-order chi connectivity index (χ1) is 10.7. The number of carbonyl (C=O) groups excluding carboxylic acids is 2. The molecule has 1 aliphatic rings. The van der Waals surface area contributed by atoms with Crippen LogP contribution in [-0.4, -0.2) is 29.8 Å². The number of hydrogen-bond donors (Lipinski definition) is 1. The highest BCUT2D eigenvalue weighted by Gasteiger charge is 2.32. The molecule has 23 heavy (non-hydrogen) atoms. The summed E-state index contributed by atoms with van der Waals surface area (Å²) in [7, 11) is 0. The Bertz CT molecular complexity index is 619. The first-order valence-corrected chi connectivity index (χ1v) is 7.53. The minimum absolute atomic E-state index is 0.0637. The Morgan fingerprint density at radius 1 is 1.35 bits per heavy atom. The fraction of sp³-hybridized carbons (Fsp3) is 0.467. The minimum Gasteiger partial charge on any atom is -0.334 e. The number of alkyl halides is 3. The largest absolute Gasteiger partial charge is 0.416 e. The molecule has 2 amide bonds. The number of likely N-dealkylation sites (tertiary alicyclic amines) is 1. The molecule has 1 atom stereocenters. The maximum absolute atomic E-state index is 12.7. The van der Waals surface area contributed by atoms with Crippen molar-refractivity contribution >= 4 is 29.1 Å². The van der Waals surface area contributed by atoms with E-state index in [9.17, 15) is 22.8 Å². The maximum Gasteiger partial charge on any atom is 0.416 e. The molecule has 8 heteroatoms. The molecule has 0 radical (unpaired) electrons. The van der Waals surface area contributed by atoms with E-state index >= 15 is 0 Å². The van der Waals surface area contributed by atoms with E-state index in [0.717, 1.165) is 25.0 Å². The van der Waals surface area contributed by atoms with Crippen molar-refractivity contribution in [1.29, 1.82) is 0 Å². The van der Waals surface area contributed by atoms with E-state index in [4.69, 9.17) is 11.6 Å². The van der Waals surface area contributed by atoms with E-state index in [1.807, 2.05) is 6.92 Å². The summed E-state index contributed by atoms with van der Waals surface area (Å²) in [4.78, 5) is 25.5. The van der Waals surface area contributed by atoms with Crippen molar-refractivity contribution in [3.63, 3.8) is 0 Å². The average molecular weight is 349 g/mol. The van der Waals surface area contributed by atoms with Gasteiger partial charge in [0.25, 0.3) is 0 Å². The Labute approximate surface area is 136 Å². The van der Waals surface area contributed by atoms with E-state index in [1.165, 1.54) is 4.90 Å². The van der Waals surface area contributed by atoms with Gasteiger partial charge < -0.3 is 10.2 Å². The van der Waals surface area contributed by atoms with Crippen LogP contribution < -0.4 is 5.32 Å². The summed E-state index contributed by atoms with van der Waals surface area (Å²) in [6, 6.07) is 2.56. The van der Waals surface area contributed by atoms with Gasteiger partial charge in [0.05, 0.1) is 16.3 Å². The summed E-state index contributed by atoms with van der Waals surface area (Å²) in [6.07, 6.45) is -2.79. The molecule has 0 aromatic heterocycles. The molecule has 1 heterocycles. The number of rotatable bonds is 1. The maximum atomic E-state index is 12.7. The van der Waals surface area contributed by atoms with E-state index in [2.05, 4.69) is 5.32 Å². The number of amides is 2. The van der Waals surface area contributed by atoms with Crippen LogP contribution in [0.2, 0.25) is 5.02 Å². The van der Waals surface area contributed by atoms with Crippen molar-refractivity contribution in [3.05, 3.63) is 28.8 Å². The summed E-state index contributed by atoms with van der Waals surface area (Å²) in [6.45, 7) is 2.90. The van der Waals surface area contributed by atoms with Crippen LogP contribution in [0.4, 0.5) is 18.9 Å². The minimum atomic E-state index is -4.56. The van der Waals surface area contributed by atoms with Gasteiger partial charge in [-0.3, -0.25) is 9.59 Å². The topological polar surface area (TPSA) is 49.4 Å². The lowest BCUT2D eigenvalue weighted by molar-refractivity contribution is -0.144. The van der Waals surface area contributed by atoms with Gasteiger partial charge in [-0.25, -0.2) is 0 Å². The molecule has 0 saturated carbocycles. The normalized spacial score (nSPS) is 18.7. The van der Waals surface area contributed by atoms with Crippen LogP contribution >= 0.6 is 11.6 Å². The van der Waals surface area contributed by atoms with Crippen LogP contribution in [0.3, 0.4) is 0 Å². The third-order valence-electron chi connectivity index (χ3n) is 3.68. The highest BCUT2D eigenvalue weighted by atomic mass is 35.5. The van der Waals surface area contributed by atoms with Gasteiger partial charge in [0.1, 0.15) is 0 Å². The molecule has 0 spiro atoms. The summed E-state index contributed by atoms with van der Waals surface area (Å²) < 4.78 is 38.1. The zero-order chi connectivity index (χ0) is 17.2. The van der Waals surface area contributed by atoms with Crippen molar-refractivity contribution in [2.75, 3.05) is 18.4 Å². The molecule has 0 bridgehead atoms. The molecule has 126 valence electrons. The average Bonchev–Trinajstić information content (AvgIpc) is 2.47. The van der Waals surface area contributed by atoms with Crippen molar-refractivity contribution in [2.24, 2.45) is 5.92 Å². The van der Waals surface area contributed by atoms with Crippen LogP contribution in [0.15, 0.2) is 18.2 Å². The predicted molar refractivity (Wildman–Crippen MR) is 80.1 cm³/mol. The zero-order valence-electron chi connectivity index (χ0n) is 12.4. The van der Waals surface area contributed by atoms with Gasteiger partial charge >= 0.3 is 18.0 Å². The van der Waals surface area contributed by atoms with Crippen LogP contribution in [-0.2, 0) is 15.8 Å². The number of benzene rings is 1. The van der Waals surface area contributed by atoms with Gasteiger partial charge in [-0.15, -0.1) is 0 Å². The van der Waals surface area contributed by atoms with Crippen LogP contribution in [0, 0.1) is 5.92 Å². The Balaban J connectivity index is 2.12. The zero-order valence-corrected chi connectivity index (χ0v) is 13.2. The van der Waals surface area contributed by atoms with E-state index in [1.54, 1.807) is 0 Å². The number of piperidine rings is 1. The van der Waals surface area contributed by atoms with Crippen LogP contribution in [0.5, 0.6) is 0 Å². The molecule has 2 rings (SSSR count).